The third-order valence-corrected chi connectivity index (χ3v) is 9.33. The van der Waals surface area contributed by atoms with Crippen molar-refractivity contribution in [3.05, 3.63) is 23.6 Å². The van der Waals surface area contributed by atoms with E-state index >= 15 is 4.39 Å². The molecule has 4 rings (SSSR count). The Kier molecular flexibility index (Phi) is 4.31. The molecule has 0 amide bonds. The topological polar surface area (TPSA) is 94.8 Å². The summed E-state index contributed by atoms with van der Waals surface area (Å²) in [4.78, 5) is 23.0. The van der Waals surface area contributed by atoms with Gasteiger partial charge in [-0.2, -0.15) is 0 Å². The first-order chi connectivity index (χ1) is 13.0. The lowest BCUT2D eigenvalue weighted by molar-refractivity contribution is -0.171. The molecule has 154 valence electrons. The molecule has 0 spiro atoms. The second-order valence-corrected chi connectivity index (χ2v) is 10.0. The van der Waals surface area contributed by atoms with Crippen LogP contribution in [0.2, 0.25) is 0 Å². The van der Waals surface area contributed by atoms with Crippen molar-refractivity contribution in [1.29, 1.82) is 0 Å². The highest BCUT2D eigenvalue weighted by molar-refractivity contribution is 6.26. The number of alkyl halides is 1. The van der Waals surface area contributed by atoms with E-state index < -0.39 is 51.5 Å². The van der Waals surface area contributed by atoms with Gasteiger partial charge in [0, 0.05) is 23.2 Å². The van der Waals surface area contributed by atoms with Gasteiger partial charge in [-0.25, -0.2) is 4.39 Å². The fourth-order valence-electron chi connectivity index (χ4n) is 6.68. The Morgan fingerprint density at radius 2 is 2.04 bits per heavy atom. The summed E-state index contributed by atoms with van der Waals surface area (Å²) in [6.07, 6.45) is 2.75. The maximum Gasteiger partial charge on any atom is 0.190 e. The molecule has 7 atom stereocenters. The molecule has 2 fully saturated rings. The van der Waals surface area contributed by atoms with Gasteiger partial charge in [0.05, 0.1) is 11.0 Å². The Labute approximate surface area is 168 Å². The van der Waals surface area contributed by atoms with Gasteiger partial charge in [0.15, 0.2) is 11.6 Å². The second-order valence-electron chi connectivity index (χ2n) is 9.39. The molecule has 0 heterocycles. The Morgan fingerprint density at radius 3 is 2.68 bits per heavy atom. The molecule has 0 unspecified atom stereocenters. The molecule has 4 aliphatic rings. The number of carbonyl (C=O) groups is 2. The first kappa shape index (κ1) is 20.2. The van der Waals surface area contributed by atoms with Crippen LogP contribution >= 0.6 is 11.6 Å². The summed E-state index contributed by atoms with van der Waals surface area (Å²) in [7, 11) is 0. The summed E-state index contributed by atoms with van der Waals surface area (Å²) < 4.78 is 15.1. The Hall–Kier alpha value is -1.08. The molecular weight excluding hydrogens is 387 g/mol. The number of hydrogen-bond acceptors (Lipinski definition) is 5. The molecule has 0 bridgehead atoms. The quantitative estimate of drug-likeness (QED) is 0.604. The summed E-state index contributed by atoms with van der Waals surface area (Å²) in [5.74, 6) is -2.30. The SMILES string of the molecule is C[C@]12CCC(=O)C=C1C(F)=C[C@H]1[C@@H]3CC[C@](O)(C(=O)CO)[C@@]3(C)C[C@H](O)[C@@]12Cl. The number of allylic oxidation sites excluding steroid dienone is 4. The zero-order valence-electron chi connectivity index (χ0n) is 16.0. The van der Waals surface area contributed by atoms with Crippen LogP contribution in [0.3, 0.4) is 0 Å². The fourth-order valence-corrected chi connectivity index (χ4v) is 7.16. The van der Waals surface area contributed by atoms with Gasteiger partial charge in [0.25, 0.3) is 0 Å². The van der Waals surface area contributed by atoms with E-state index in [1.54, 1.807) is 13.8 Å². The molecule has 28 heavy (non-hydrogen) atoms. The maximum absolute atomic E-state index is 15.1. The van der Waals surface area contributed by atoms with Crippen LogP contribution in [0.1, 0.15) is 46.0 Å². The van der Waals surface area contributed by atoms with Crippen molar-refractivity contribution in [3.63, 3.8) is 0 Å². The molecule has 5 nitrogen and oxygen atoms in total. The Morgan fingerprint density at radius 1 is 1.36 bits per heavy atom. The summed E-state index contributed by atoms with van der Waals surface area (Å²) >= 11 is 7.16. The molecule has 0 radical (unpaired) electrons. The average molecular weight is 413 g/mol. The first-order valence-electron chi connectivity index (χ1n) is 9.82. The van der Waals surface area contributed by atoms with Crippen molar-refractivity contribution in [2.45, 2.75) is 62.5 Å². The standard InChI is InChI=1S/C21H26ClFO5/c1-18-5-3-11(25)7-14(18)15(23)8-13-12-4-6-20(28,17(27)10-24)19(12,2)9-16(26)21(13,18)22/h7-8,12-13,16,24,26,28H,3-6,9-10H2,1-2H3/t12-,13-,16-,18-,19-,20-,21-/m0/s1. The lowest BCUT2D eigenvalue weighted by Gasteiger charge is -2.63. The summed E-state index contributed by atoms with van der Waals surface area (Å²) in [6.45, 7) is 2.73. The number of halogens is 2. The van der Waals surface area contributed by atoms with Crippen molar-refractivity contribution in [2.75, 3.05) is 6.61 Å². The lowest BCUT2D eigenvalue weighted by atomic mass is 9.46. The number of aliphatic hydroxyl groups is 3. The zero-order chi connectivity index (χ0) is 20.7. The van der Waals surface area contributed by atoms with Crippen LogP contribution in [0.4, 0.5) is 4.39 Å². The smallest absolute Gasteiger partial charge is 0.190 e. The summed E-state index contributed by atoms with van der Waals surface area (Å²) in [6, 6.07) is 0. The zero-order valence-corrected chi connectivity index (χ0v) is 16.8. The van der Waals surface area contributed by atoms with Crippen LogP contribution in [0.25, 0.3) is 0 Å². The van der Waals surface area contributed by atoms with Crippen LogP contribution in [0, 0.1) is 22.7 Å². The van der Waals surface area contributed by atoms with E-state index in [-0.39, 0.29) is 36.5 Å². The van der Waals surface area contributed by atoms with E-state index in [0.717, 1.165) is 0 Å². The molecular formula is C21H26ClFO5. The van der Waals surface area contributed by atoms with Crippen LogP contribution in [0.5, 0.6) is 0 Å². The van der Waals surface area contributed by atoms with Crippen molar-refractivity contribution in [1.82, 2.24) is 0 Å². The Balaban J connectivity index is 1.89. The monoisotopic (exact) mass is 412 g/mol. The normalized spacial score (nSPS) is 50.2. The van der Waals surface area contributed by atoms with Crippen LogP contribution in [-0.2, 0) is 9.59 Å². The highest BCUT2D eigenvalue weighted by Gasteiger charge is 2.73. The number of fused-ring (bicyclic) bond motifs is 5. The minimum Gasteiger partial charge on any atom is -0.391 e. The molecule has 3 N–H and O–H groups in total. The molecule has 0 aliphatic heterocycles. The minimum absolute atomic E-state index is 0.0617. The van der Waals surface area contributed by atoms with E-state index in [1.165, 1.54) is 12.2 Å². The number of Topliss-reactive ketones (excluding diaryl/α,β-unsaturated/α-hetero) is 1. The third kappa shape index (κ3) is 2.12. The Bertz CT molecular complexity index is 824. The highest BCUT2D eigenvalue weighted by Crippen LogP contribution is 2.70. The highest BCUT2D eigenvalue weighted by atomic mass is 35.5. The van der Waals surface area contributed by atoms with Gasteiger partial charge in [0.2, 0.25) is 0 Å². The number of aliphatic hydroxyl groups excluding tert-OH is 2. The van der Waals surface area contributed by atoms with E-state index in [2.05, 4.69) is 0 Å². The van der Waals surface area contributed by atoms with Gasteiger partial charge in [0.1, 0.15) is 18.0 Å². The predicted molar refractivity (Wildman–Crippen MR) is 100 cm³/mol. The molecule has 0 aromatic carbocycles. The van der Waals surface area contributed by atoms with Crippen LogP contribution in [0.15, 0.2) is 23.6 Å². The summed E-state index contributed by atoms with van der Waals surface area (Å²) in [5.41, 5.74) is -3.52. The van der Waals surface area contributed by atoms with E-state index in [0.29, 0.717) is 12.8 Å². The molecule has 0 aromatic rings. The van der Waals surface area contributed by atoms with E-state index in [4.69, 9.17) is 11.6 Å². The minimum atomic E-state index is -1.78. The van der Waals surface area contributed by atoms with Gasteiger partial charge in [-0.1, -0.05) is 13.8 Å². The second kappa shape index (κ2) is 5.97. The number of ketones is 2. The molecule has 7 heteroatoms. The largest absolute Gasteiger partial charge is 0.391 e. The summed E-state index contributed by atoms with van der Waals surface area (Å²) in [5, 5.41) is 31.8. The number of carbonyl (C=O) groups excluding carboxylic acids is 2. The van der Waals surface area contributed by atoms with Crippen molar-refractivity contribution in [2.24, 2.45) is 22.7 Å². The van der Waals surface area contributed by atoms with E-state index in [1.807, 2.05) is 0 Å². The molecule has 2 saturated carbocycles. The molecule has 0 aromatic heterocycles. The third-order valence-electron chi connectivity index (χ3n) is 8.41. The van der Waals surface area contributed by atoms with Gasteiger partial charge in [-0.15, -0.1) is 11.6 Å². The van der Waals surface area contributed by atoms with Crippen LogP contribution < -0.4 is 0 Å². The predicted octanol–water partition coefficient (Wildman–Crippen LogP) is 2.22. The average Bonchev–Trinajstić information content (AvgIpc) is 2.91. The lowest BCUT2D eigenvalue weighted by Crippen LogP contribution is -2.68. The fraction of sp³-hybridized carbons (Fsp3) is 0.714. The van der Waals surface area contributed by atoms with Gasteiger partial charge in [-0.3, -0.25) is 9.59 Å². The van der Waals surface area contributed by atoms with E-state index in [9.17, 15) is 24.9 Å². The van der Waals surface area contributed by atoms with Gasteiger partial charge in [-0.05, 0) is 49.3 Å². The van der Waals surface area contributed by atoms with Crippen molar-refractivity contribution >= 4 is 23.2 Å². The number of rotatable bonds is 2. The first-order valence-corrected chi connectivity index (χ1v) is 10.2. The maximum atomic E-state index is 15.1. The molecule has 4 aliphatic carbocycles. The molecule has 0 saturated heterocycles. The van der Waals surface area contributed by atoms with Gasteiger partial charge < -0.3 is 15.3 Å². The van der Waals surface area contributed by atoms with Crippen LogP contribution in [-0.4, -0.2) is 50.1 Å². The number of hydrogen-bond donors (Lipinski definition) is 3. The van der Waals surface area contributed by atoms with Crippen molar-refractivity contribution < 1.29 is 29.3 Å². The van der Waals surface area contributed by atoms with Gasteiger partial charge >= 0.3 is 0 Å². The van der Waals surface area contributed by atoms with Crippen molar-refractivity contribution in [3.8, 4) is 0 Å².